The summed E-state index contributed by atoms with van der Waals surface area (Å²) in [6, 6.07) is 15.4. The predicted molar refractivity (Wildman–Crippen MR) is 83.0 cm³/mol. The number of fused-ring (bicyclic) bond motifs is 1. The molecule has 0 aliphatic heterocycles. The van der Waals surface area contributed by atoms with Gasteiger partial charge in [-0.05, 0) is 22.8 Å². The lowest BCUT2D eigenvalue weighted by atomic mass is 10.0. The molecule has 3 aromatic rings. The number of hydrogen-bond donors (Lipinski definition) is 3. The minimum absolute atomic E-state index is 0.319. The number of aromatic nitrogens is 1. The number of hydrogen-bond acceptors (Lipinski definition) is 2. The smallest absolute Gasteiger partial charge is 0.320 e. The fourth-order valence-electron chi connectivity index (χ4n) is 2.49. The Kier molecular flexibility index (Phi) is 3.46. The van der Waals surface area contributed by atoms with Crippen LogP contribution < -0.4 is 5.73 Å². The summed E-state index contributed by atoms with van der Waals surface area (Å²) in [4.78, 5) is 14.1. The quantitative estimate of drug-likeness (QED) is 0.687. The minimum Gasteiger partial charge on any atom is -0.480 e. The van der Waals surface area contributed by atoms with Gasteiger partial charge in [0.25, 0.3) is 0 Å². The summed E-state index contributed by atoms with van der Waals surface area (Å²) in [5.74, 6) is -0.981. The molecule has 1 aromatic heterocycles. The normalized spacial score (nSPS) is 12.4. The lowest BCUT2D eigenvalue weighted by Gasteiger charge is -2.05. The summed E-state index contributed by atoms with van der Waals surface area (Å²) >= 11 is 0. The largest absolute Gasteiger partial charge is 0.480 e. The molecule has 0 spiro atoms. The van der Waals surface area contributed by atoms with Crippen LogP contribution in [0.2, 0.25) is 0 Å². The average Bonchev–Trinajstić information content (AvgIpc) is 2.90. The highest BCUT2D eigenvalue weighted by molar-refractivity contribution is 5.88. The molecule has 2 aromatic carbocycles. The molecule has 4 N–H and O–H groups in total. The maximum absolute atomic E-state index is 10.9. The Balaban J connectivity index is 1.96. The van der Waals surface area contributed by atoms with E-state index in [0.29, 0.717) is 6.42 Å². The second kappa shape index (κ2) is 5.42. The molecule has 21 heavy (non-hydrogen) atoms. The zero-order valence-corrected chi connectivity index (χ0v) is 11.4. The first-order valence-corrected chi connectivity index (χ1v) is 6.79. The maximum Gasteiger partial charge on any atom is 0.320 e. The molecule has 0 saturated carbocycles. The lowest BCUT2D eigenvalue weighted by Crippen LogP contribution is -2.32. The third-order valence-electron chi connectivity index (χ3n) is 3.63. The second-order valence-electron chi connectivity index (χ2n) is 5.09. The summed E-state index contributed by atoms with van der Waals surface area (Å²) in [7, 11) is 0. The first-order valence-electron chi connectivity index (χ1n) is 6.79. The van der Waals surface area contributed by atoms with Crippen LogP contribution in [0.25, 0.3) is 22.0 Å². The van der Waals surface area contributed by atoms with Crippen LogP contribution in [0, 0.1) is 0 Å². The van der Waals surface area contributed by atoms with Crippen LogP contribution in [-0.4, -0.2) is 22.1 Å². The highest BCUT2D eigenvalue weighted by Gasteiger charge is 2.15. The van der Waals surface area contributed by atoms with Gasteiger partial charge in [-0.25, -0.2) is 0 Å². The van der Waals surface area contributed by atoms with Crippen LogP contribution in [0.15, 0.2) is 54.7 Å². The summed E-state index contributed by atoms with van der Waals surface area (Å²) in [5.41, 5.74) is 9.80. The molecule has 106 valence electrons. The van der Waals surface area contributed by atoms with Crippen molar-refractivity contribution in [2.45, 2.75) is 12.5 Å². The predicted octanol–water partition coefficient (Wildman–Crippen LogP) is 2.79. The van der Waals surface area contributed by atoms with E-state index in [1.54, 1.807) is 0 Å². The number of carboxylic acid groups (broad SMARTS) is 1. The molecule has 0 amide bonds. The molecule has 0 fully saturated rings. The number of aromatic amines is 1. The Morgan fingerprint density at radius 3 is 2.62 bits per heavy atom. The molecule has 4 nitrogen and oxygen atoms in total. The number of nitrogens with one attached hydrogen (secondary N) is 1. The fraction of sp³-hybridized carbons (Fsp3) is 0.118. The number of rotatable bonds is 4. The van der Waals surface area contributed by atoms with Crippen LogP contribution >= 0.6 is 0 Å². The minimum atomic E-state index is -0.981. The van der Waals surface area contributed by atoms with E-state index < -0.39 is 12.0 Å². The number of carboxylic acids is 1. The molecule has 0 aliphatic rings. The third-order valence-corrected chi connectivity index (χ3v) is 3.63. The molecule has 0 saturated heterocycles. The van der Waals surface area contributed by atoms with E-state index in [1.165, 1.54) is 0 Å². The molecule has 4 heteroatoms. The Hall–Kier alpha value is -2.59. The van der Waals surface area contributed by atoms with Crippen LogP contribution in [0.4, 0.5) is 0 Å². The topological polar surface area (TPSA) is 79.1 Å². The third kappa shape index (κ3) is 2.66. The first kappa shape index (κ1) is 13.4. The number of carbonyl (C=O) groups is 1. The van der Waals surface area contributed by atoms with E-state index in [-0.39, 0.29) is 0 Å². The van der Waals surface area contributed by atoms with Gasteiger partial charge < -0.3 is 15.8 Å². The van der Waals surface area contributed by atoms with Crippen molar-refractivity contribution >= 4 is 16.9 Å². The van der Waals surface area contributed by atoms with Crippen LogP contribution in [-0.2, 0) is 11.2 Å². The van der Waals surface area contributed by atoms with E-state index in [0.717, 1.165) is 27.6 Å². The van der Waals surface area contributed by atoms with E-state index in [4.69, 9.17) is 10.8 Å². The van der Waals surface area contributed by atoms with Crippen LogP contribution in [0.5, 0.6) is 0 Å². The van der Waals surface area contributed by atoms with Crippen LogP contribution in [0.3, 0.4) is 0 Å². The number of nitrogens with two attached hydrogens (primary N) is 1. The summed E-state index contributed by atoms with van der Waals surface area (Å²) < 4.78 is 0. The monoisotopic (exact) mass is 280 g/mol. The highest BCUT2D eigenvalue weighted by atomic mass is 16.4. The van der Waals surface area contributed by atoms with Gasteiger partial charge in [0.15, 0.2) is 0 Å². The zero-order chi connectivity index (χ0) is 14.8. The van der Waals surface area contributed by atoms with Gasteiger partial charge in [0.1, 0.15) is 6.04 Å². The zero-order valence-electron chi connectivity index (χ0n) is 11.4. The second-order valence-corrected chi connectivity index (χ2v) is 5.09. The molecule has 0 unspecified atom stereocenters. The SMILES string of the molecule is N[C@@H](Cc1c[nH]c2cc(-c3ccccc3)ccc12)C(=O)O. The van der Waals surface area contributed by atoms with Gasteiger partial charge in [-0.15, -0.1) is 0 Å². The van der Waals surface area contributed by atoms with Gasteiger partial charge in [-0.3, -0.25) is 4.79 Å². The van der Waals surface area contributed by atoms with Crippen molar-refractivity contribution in [3.63, 3.8) is 0 Å². The molecular weight excluding hydrogens is 264 g/mol. The molecule has 1 heterocycles. The van der Waals surface area contributed by atoms with Crippen molar-refractivity contribution in [2.75, 3.05) is 0 Å². The van der Waals surface area contributed by atoms with Gasteiger partial charge in [-0.1, -0.05) is 42.5 Å². The Labute approximate surface area is 122 Å². The van der Waals surface area contributed by atoms with E-state index in [2.05, 4.69) is 23.2 Å². The standard InChI is InChI=1S/C17H16N2O2/c18-15(17(20)21)8-13-10-19-16-9-12(6-7-14(13)16)11-4-2-1-3-5-11/h1-7,9-10,15,19H,8,18H2,(H,20,21)/t15-/m0/s1. The van der Waals surface area contributed by atoms with E-state index >= 15 is 0 Å². The number of H-pyrrole nitrogens is 1. The van der Waals surface area contributed by atoms with Gasteiger partial charge in [0.2, 0.25) is 0 Å². The van der Waals surface area contributed by atoms with Gasteiger partial charge >= 0.3 is 5.97 Å². The number of aliphatic carboxylic acids is 1. The molecule has 0 aliphatic carbocycles. The Morgan fingerprint density at radius 2 is 1.90 bits per heavy atom. The summed E-state index contributed by atoms with van der Waals surface area (Å²) in [5, 5.41) is 9.93. The fourth-order valence-corrected chi connectivity index (χ4v) is 2.49. The number of benzene rings is 2. The lowest BCUT2D eigenvalue weighted by molar-refractivity contribution is -0.138. The van der Waals surface area contributed by atoms with Crippen molar-refractivity contribution in [1.82, 2.24) is 4.98 Å². The molecule has 1 atom stereocenters. The first-order chi connectivity index (χ1) is 10.1. The van der Waals surface area contributed by atoms with Gasteiger partial charge in [-0.2, -0.15) is 0 Å². The maximum atomic E-state index is 10.9. The van der Waals surface area contributed by atoms with E-state index in [1.807, 2.05) is 36.5 Å². The highest BCUT2D eigenvalue weighted by Crippen LogP contribution is 2.26. The van der Waals surface area contributed by atoms with Crippen molar-refractivity contribution < 1.29 is 9.90 Å². The summed E-state index contributed by atoms with van der Waals surface area (Å²) in [6.45, 7) is 0. The Morgan fingerprint density at radius 1 is 1.14 bits per heavy atom. The van der Waals surface area contributed by atoms with Crippen molar-refractivity contribution in [3.8, 4) is 11.1 Å². The van der Waals surface area contributed by atoms with Crippen molar-refractivity contribution in [1.29, 1.82) is 0 Å². The molecule has 0 radical (unpaired) electrons. The molecule has 3 rings (SSSR count). The molecular formula is C17H16N2O2. The van der Waals surface area contributed by atoms with Crippen molar-refractivity contribution in [3.05, 3.63) is 60.3 Å². The van der Waals surface area contributed by atoms with Crippen molar-refractivity contribution in [2.24, 2.45) is 5.73 Å². The van der Waals surface area contributed by atoms with Crippen LogP contribution in [0.1, 0.15) is 5.56 Å². The van der Waals surface area contributed by atoms with E-state index in [9.17, 15) is 4.79 Å². The van der Waals surface area contributed by atoms with Gasteiger partial charge in [0, 0.05) is 23.5 Å². The summed E-state index contributed by atoms with van der Waals surface area (Å²) in [6.07, 6.45) is 2.16. The van der Waals surface area contributed by atoms with Gasteiger partial charge in [0.05, 0.1) is 0 Å². The average molecular weight is 280 g/mol. The molecule has 0 bridgehead atoms. The Bertz CT molecular complexity index is 778.